The highest BCUT2D eigenvalue weighted by Gasteiger charge is 2.66. The van der Waals surface area contributed by atoms with Crippen LogP contribution >= 0.6 is 0 Å². The van der Waals surface area contributed by atoms with Crippen LogP contribution in [0.5, 0.6) is 11.5 Å². The van der Waals surface area contributed by atoms with Crippen molar-refractivity contribution in [3.63, 3.8) is 0 Å². The monoisotopic (exact) mass is 496 g/mol. The number of rotatable bonds is 7. The number of benzene rings is 2. The first-order chi connectivity index (χ1) is 16.6. The minimum absolute atomic E-state index is 0.0606. The van der Waals surface area contributed by atoms with E-state index in [0.717, 1.165) is 11.6 Å². The summed E-state index contributed by atoms with van der Waals surface area (Å²) in [5.74, 6) is -1.24. The molecule has 2 aliphatic rings. The third kappa shape index (κ3) is 5.70. The van der Waals surface area contributed by atoms with E-state index < -0.39 is 29.8 Å². The lowest BCUT2D eigenvalue weighted by atomic mass is 10.1. The lowest BCUT2D eigenvalue weighted by Gasteiger charge is -2.36. The molecule has 1 saturated heterocycles. The zero-order chi connectivity index (χ0) is 25.2. The van der Waals surface area contributed by atoms with Crippen LogP contribution in [0.1, 0.15) is 25.0 Å². The topological polar surface area (TPSA) is 51.2 Å². The van der Waals surface area contributed by atoms with Crippen LogP contribution in [0, 0.1) is 5.92 Å². The van der Waals surface area contributed by atoms with E-state index in [1.807, 2.05) is 44.2 Å². The first kappa shape index (κ1) is 25.2. The Morgan fingerprint density at radius 1 is 1.06 bits per heavy atom. The van der Waals surface area contributed by atoms with E-state index in [1.54, 1.807) is 0 Å². The third-order valence-electron chi connectivity index (χ3n) is 5.80. The second kappa shape index (κ2) is 10.0. The molecular weight excluding hydrogens is 468 g/mol. The normalized spacial score (nSPS) is 21.1. The van der Waals surface area contributed by atoms with Crippen LogP contribution in [0.15, 0.2) is 48.5 Å². The minimum atomic E-state index is -4.84. The van der Waals surface area contributed by atoms with Crippen LogP contribution in [-0.4, -0.2) is 60.3 Å². The maximum Gasteiger partial charge on any atom is 0.507 e. The van der Waals surface area contributed by atoms with Crippen molar-refractivity contribution >= 4 is 5.91 Å². The number of fused-ring (bicyclic) bond motifs is 1. The highest BCUT2D eigenvalue weighted by Crippen LogP contribution is 2.48. The van der Waals surface area contributed by atoms with Crippen molar-refractivity contribution in [2.75, 3.05) is 26.2 Å². The smallest absolute Gasteiger partial charge is 0.421 e. The van der Waals surface area contributed by atoms with Gasteiger partial charge in [-0.3, -0.25) is 9.69 Å². The molecule has 0 aromatic heterocycles. The molecule has 1 amide bonds. The average molecular weight is 497 g/mol. The summed E-state index contributed by atoms with van der Waals surface area (Å²) < 4.78 is 69.3. The van der Waals surface area contributed by atoms with E-state index in [4.69, 9.17) is 4.74 Å². The summed E-state index contributed by atoms with van der Waals surface area (Å²) in [5.41, 5.74) is 1.26. The van der Waals surface area contributed by atoms with E-state index in [0.29, 0.717) is 32.8 Å². The van der Waals surface area contributed by atoms with E-state index in [2.05, 4.69) is 14.4 Å². The van der Waals surface area contributed by atoms with Gasteiger partial charge in [-0.05, 0) is 17.5 Å². The standard InChI is InChI=1S/C25H28F4N2O4/c1-17(2)13-31(15-19-9-6-10-20-22(19)35-25(28,29)24(26,27)34-20)23(32)21-16-30(11-12-33-21)14-18-7-4-3-5-8-18/h3-10,17,21H,11-16H2,1-2H3. The van der Waals surface area contributed by atoms with Crippen molar-refractivity contribution in [2.45, 2.75) is 45.3 Å². The predicted octanol–water partition coefficient (Wildman–Crippen LogP) is 4.53. The first-order valence-corrected chi connectivity index (χ1v) is 11.5. The highest BCUT2D eigenvalue weighted by atomic mass is 19.3. The number of carbonyl (C=O) groups is 1. The van der Waals surface area contributed by atoms with Crippen molar-refractivity contribution in [3.8, 4) is 11.5 Å². The molecule has 0 N–H and O–H groups in total. The zero-order valence-electron chi connectivity index (χ0n) is 19.6. The fraction of sp³-hybridized carbons (Fsp3) is 0.480. The van der Waals surface area contributed by atoms with Gasteiger partial charge in [-0.15, -0.1) is 0 Å². The number of alkyl halides is 4. The van der Waals surface area contributed by atoms with Crippen molar-refractivity contribution < 1.29 is 36.6 Å². The van der Waals surface area contributed by atoms with Gasteiger partial charge in [0.2, 0.25) is 0 Å². The second-order valence-electron chi connectivity index (χ2n) is 9.17. The Kier molecular flexibility index (Phi) is 7.23. The molecule has 190 valence electrons. The Labute approximate surface area is 201 Å². The number of nitrogens with zero attached hydrogens (tertiary/aromatic N) is 2. The summed E-state index contributed by atoms with van der Waals surface area (Å²) in [5, 5.41) is 0. The molecule has 2 aromatic rings. The summed E-state index contributed by atoms with van der Waals surface area (Å²) in [6, 6.07) is 13.8. The van der Waals surface area contributed by atoms with Gasteiger partial charge in [0.1, 0.15) is 6.10 Å². The number of para-hydroxylation sites is 1. The summed E-state index contributed by atoms with van der Waals surface area (Å²) in [7, 11) is 0. The van der Waals surface area contributed by atoms with Gasteiger partial charge in [0.15, 0.2) is 11.5 Å². The van der Waals surface area contributed by atoms with Gasteiger partial charge in [-0.2, -0.15) is 17.6 Å². The van der Waals surface area contributed by atoms with E-state index in [9.17, 15) is 22.4 Å². The molecule has 35 heavy (non-hydrogen) atoms. The van der Waals surface area contributed by atoms with Gasteiger partial charge in [-0.25, -0.2) is 0 Å². The summed E-state index contributed by atoms with van der Waals surface area (Å²) in [6.45, 7) is 6.11. The summed E-state index contributed by atoms with van der Waals surface area (Å²) in [6.07, 6.45) is -10.4. The maximum atomic E-state index is 13.9. The maximum absolute atomic E-state index is 13.9. The molecule has 1 fully saturated rings. The molecule has 1 atom stereocenters. The molecule has 4 rings (SSSR count). The number of carbonyl (C=O) groups excluding carboxylic acids is 1. The van der Waals surface area contributed by atoms with Gasteiger partial charge in [0.05, 0.1) is 6.61 Å². The van der Waals surface area contributed by atoms with Crippen LogP contribution in [0.2, 0.25) is 0 Å². The van der Waals surface area contributed by atoms with E-state index in [1.165, 1.54) is 17.0 Å². The Bertz CT molecular complexity index is 1040. The van der Waals surface area contributed by atoms with Crippen LogP contribution in [0.25, 0.3) is 0 Å². The molecule has 1 unspecified atom stereocenters. The van der Waals surface area contributed by atoms with Gasteiger partial charge < -0.3 is 19.1 Å². The molecule has 2 heterocycles. The molecule has 0 aliphatic carbocycles. The second-order valence-corrected chi connectivity index (χ2v) is 9.17. The first-order valence-electron chi connectivity index (χ1n) is 11.5. The SMILES string of the molecule is CC(C)CN(Cc1cccc2c1OC(F)(F)C(F)(F)O2)C(=O)C1CN(Cc2ccccc2)CCO1. The summed E-state index contributed by atoms with van der Waals surface area (Å²) in [4.78, 5) is 17.1. The highest BCUT2D eigenvalue weighted by molar-refractivity contribution is 5.81. The third-order valence-corrected chi connectivity index (χ3v) is 5.80. The molecule has 0 bridgehead atoms. The van der Waals surface area contributed by atoms with Crippen molar-refractivity contribution in [1.82, 2.24) is 9.80 Å². The quantitative estimate of drug-likeness (QED) is 0.528. The Balaban J connectivity index is 1.52. The Hall–Kier alpha value is -2.85. The fourth-order valence-electron chi connectivity index (χ4n) is 4.19. The Morgan fingerprint density at radius 3 is 2.49 bits per heavy atom. The van der Waals surface area contributed by atoms with E-state index in [-0.39, 0.29) is 23.9 Å². The number of morpholine rings is 1. The largest absolute Gasteiger partial charge is 0.507 e. The van der Waals surface area contributed by atoms with Crippen LogP contribution in [0.3, 0.4) is 0 Å². The molecular formula is C25H28F4N2O4. The average Bonchev–Trinajstić information content (AvgIpc) is 2.79. The lowest BCUT2D eigenvalue weighted by molar-refractivity contribution is -0.391. The van der Waals surface area contributed by atoms with Crippen molar-refractivity contribution in [1.29, 1.82) is 0 Å². The lowest BCUT2D eigenvalue weighted by Crippen LogP contribution is -2.52. The number of amides is 1. The zero-order valence-corrected chi connectivity index (χ0v) is 19.6. The van der Waals surface area contributed by atoms with Gasteiger partial charge in [0, 0.05) is 38.3 Å². The summed E-state index contributed by atoms with van der Waals surface area (Å²) >= 11 is 0. The van der Waals surface area contributed by atoms with Gasteiger partial charge in [-0.1, -0.05) is 56.3 Å². The van der Waals surface area contributed by atoms with Gasteiger partial charge in [0.25, 0.3) is 5.91 Å². The number of hydrogen-bond acceptors (Lipinski definition) is 5. The molecule has 2 aliphatic heterocycles. The van der Waals surface area contributed by atoms with Crippen molar-refractivity contribution in [3.05, 3.63) is 59.7 Å². The van der Waals surface area contributed by atoms with Crippen LogP contribution in [0.4, 0.5) is 17.6 Å². The number of halogens is 4. The number of hydrogen-bond donors (Lipinski definition) is 0. The molecule has 0 spiro atoms. The van der Waals surface area contributed by atoms with Crippen LogP contribution in [-0.2, 0) is 22.6 Å². The van der Waals surface area contributed by atoms with Gasteiger partial charge >= 0.3 is 12.2 Å². The molecule has 2 aromatic carbocycles. The molecule has 6 nitrogen and oxygen atoms in total. The molecule has 0 radical (unpaired) electrons. The van der Waals surface area contributed by atoms with E-state index >= 15 is 0 Å². The van der Waals surface area contributed by atoms with Crippen molar-refractivity contribution in [2.24, 2.45) is 5.92 Å². The minimum Gasteiger partial charge on any atom is -0.421 e. The van der Waals surface area contributed by atoms with Crippen LogP contribution < -0.4 is 9.47 Å². The molecule has 0 saturated carbocycles. The fourth-order valence-corrected chi connectivity index (χ4v) is 4.19. The Morgan fingerprint density at radius 2 is 1.77 bits per heavy atom. The number of ether oxygens (including phenoxy) is 3. The predicted molar refractivity (Wildman–Crippen MR) is 119 cm³/mol. The molecule has 10 heteroatoms.